The first-order valence-corrected chi connectivity index (χ1v) is 13.4. The summed E-state index contributed by atoms with van der Waals surface area (Å²) in [6.45, 7) is 0.0715. The van der Waals surface area contributed by atoms with Crippen LogP contribution in [0.15, 0.2) is 78.9 Å². The van der Waals surface area contributed by atoms with Crippen molar-refractivity contribution in [3.8, 4) is 17.0 Å². The van der Waals surface area contributed by atoms with Crippen molar-refractivity contribution in [2.24, 2.45) is 0 Å². The van der Waals surface area contributed by atoms with Crippen LogP contribution in [0.4, 0.5) is 4.79 Å². The summed E-state index contributed by atoms with van der Waals surface area (Å²) in [6.07, 6.45) is 0.358. The highest BCUT2D eigenvalue weighted by molar-refractivity contribution is 14.1. The largest absolute Gasteiger partial charge is 0.491 e. The number of nitrogens with zero attached hydrogens (tertiary/aromatic N) is 2. The topological polar surface area (TPSA) is 108 Å². The summed E-state index contributed by atoms with van der Waals surface area (Å²) in [6, 6.07) is 22.2. The van der Waals surface area contributed by atoms with Gasteiger partial charge in [0.05, 0.1) is 6.61 Å². The number of hydrogen-bond donors (Lipinski definition) is 3. The van der Waals surface area contributed by atoms with Crippen molar-refractivity contribution in [1.29, 1.82) is 0 Å². The van der Waals surface area contributed by atoms with Crippen molar-refractivity contribution in [2.45, 2.75) is 18.5 Å². The monoisotopic (exact) mass is 642 g/mol. The van der Waals surface area contributed by atoms with Gasteiger partial charge in [0.2, 0.25) is 0 Å². The van der Waals surface area contributed by atoms with Gasteiger partial charge in [0.1, 0.15) is 41.1 Å². The Balaban J connectivity index is 1.48. The van der Waals surface area contributed by atoms with Crippen LogP contribution in [0.1, 0.15) is 29.0 Å². The molecule has 1 saturated heterocycles. The Morgan fingerprint density at radius 3 is 2.42 bits per heavy atom. The lowest BCUT2D eigenvalue weighted by molar-refractivity contribution is -0.129. The number of nitrogens with one attached hydrogen (secondary N) is 2. The Morgan fingerprint density at radius 1 is 1.03 bits per heavy atom. The fourth-order valence-corrected chi connectivity index (χ4v) is 5.02. The molecule has 0 saturated carbocycles. The maximum atomic E-state index is 13.7. The highest BCUT2D eigenvalue weighted by Gasteiger charge is 2.44. The summed E-state index contributed by atoms with van der Waals surface area (Å²) in [5, 5.41) is 12.1. The van der Waals surface area contributed by atoms with E-state index in [0.29, 0.717) is 34.4 Å². The SMILES string of the molecule is O=C1N[C@@H](c2ccc(OCCO)cc2)C(=O)N1[C@H](Cc1ccccc1)c1nc(-c2ccc(I)cc2)c(Cl)[nH]1. The number of imide groups is 1. The van der Waals surface area contributed by atoms with Gasteiger partial charge in [0.15, 0.2) is 0 Å². The molecular formula is C28H24ClIN4O4. The van der Waals surface area contributed by atoms with Crippen LogP contribution in [0.25, 0.3) is 11.3 Å². The van der Waals surface area contributed by atoms with E-state index in [1.54, 1.807) is 24.3 Å². The molecule has 0 unspecified atom stereocenters. The predicted molar refractivity (Wildman–Crippen MR) is 152 cm³/mol. The molecule has 10 heteroatoms. The number of halogens is 2. The van der Waals surface area contributed by atoms with E-state index in [4.69, 9.17) is 26.4 Å². The van der Waals surface area contributed by atoms with Gasteiger partial charge in [-0.15, -0.1) is 0 Å². The van der Waals surface area contributed by atoms with E-state index in [2.05, 4.69) is 32.9 Å². The van der Waals surface area contributed by atoms with Gasteiger partial charge >= 0.3 is 6.03 Å². The molecule has 5 rings (SSSR count). The zero-order chi connectivity index (χ0) is 26.6. The molecule has 2 atom stereocenters. The van der Waals surface area contributed by atoms with E-state index in [1.807, 2.05) is 54.6 Å². The maximum Gasteiger partial charge on any atom is 0.325 e. The van der Waals surface area contributed by atoms with E-state index >= 15 is 0 Å². The van der Waals surface area contributed by atoms with Crippen molar-refractivity contribution in [1.82, 2.24) is 20.2 Å². The second-order valence-electron chi connectivity index (χ2n) is 8.73. The highest BCUT2D eigenvalue weighted by atomic mass is 127. The Hall–Kier alpha value is -3.41. The molecule has 1 aromatic heterocycles. The number of rotatable bonds is 9. The summed E-state index contributed by atoms with van der Waals surface area (Å²) in [5.41, 5.74) is 2.95. The molecule has 1 aliphatic heterocycles. The highest BCUT2D eigenvalue weighted by Crippen LogP contribution is 2.35. The van der Waals surface area contributed by atoms with E-state index < -0.39 is 18.1 Å². The van der Waals surface area contributed by atoms with Crippen LogP contribution < -0.4 is 10.1 Å². The van der Waals surface area contributed by atoms with E-state index in [0.717, 1.165) is 14.7 Å². The Kier molecular flexibility index (Phi) is 7.96. The summed E-state index contributed by atoms with van der Waals surface area (Å²) < 4.78 is 6.48. The smallest absolute Gasteiger partial charge is 0.325 e. The molecule has 4 aromatic rings. The van der Waals surface area contributed by atoms with E-state index in [-0.39, 0.29) is 19.1 Å². The first-order valence-electron chi connectivity index (χ1n) is 12.0. The van der Waals surface area contributed by atoms with E-state index in [9.17, 15) is 9.59 Å². The number of aromatic amines is 1. The molecule has 3 N–H and O–H groups in total. The summed E-state index contributed by atoms with van der Waals surface area (Å²) in [7, 11) is 0. The van der Waals surface area contributed by atoms with Crippen molar-refractivity contribution in [3.63, 3.8) is 0 Å². The van der Waals surface area contributed by atoms with Crippen LogP contribution in [0, 0.1) is 3.57 Å². The standard InChI is InChI=1S/C28H24ClIN4O4/c29-25-23(18-6-10-20(30)11-7-18)31-26(33-25)22(16-17-4-2-1-3-5-17)34-27(36)24(32-28(34)37)19-8-12-21(13-9-19)38-15-14-35/h1-13,22,24,35H,14-16H2,(H,31,33)(H,32,37)/t22-,24+/m1/s1. The number of hydrogen-bond acceptors (Lipinski definition) is 5. The maximum absolute atomic E-state index is 13.7. The van der Waals surface area contributed by atoms with Crippen molar-refractivity contribution in [2.75, 3.05) is 13.2 Å². The number of imidazole rings is 1. The number of urea groups is 1. The third-order valence-corrected chi connectivity index (χ3v) is 7.23. The van der Waals surface area contributed by atoms with Gasteiger partial charge < -0.3 is 20.1 Å². The molecule has 1 aliphatic rings. The third-order valence-electron chi connectivity index (χ3n) is 6.24. The quantitative estimate of drug-likeness (QED) is 0.170. The minimum Gasteiger partial charge on any atom is -0.491 e. The normalized spacial score (nSPS) is 16.0. The fraction of sp³-hybridized carbons (Fsp3) is 0.179. The molecular weight excluding hydrogens is 619 g/mol. The third kappa shape index (κ3) is 5.54. The van der Waals surface area contributed by atoms with Gasteiger partial charge in [0, 0.05) is 15.6 Å². The molecule has 2 heterocycles. The molecule has 38 heavy (non-hydrogen) atoms. The molecule has 194 valence electrons. The van der Waals surface area contributed by atoms with Crippen molar-refractivity contribution in [3.05, 3.63) is 105 Å². The first-order chi connectivity index (χ1) is 18.4. The van der Waals surface area contributed by atoms with Crippen LogP contribution >= 0.6 is 34.2 Å². The van der Waals surface area contributed by atoms with Gasteiger partial charge in [0.25, 0.3) is 5.91 Å². The number of aromatic nitrogens is 2. The number of ether oxygens (including phenoxy) is 1. The lowest BCUT2D eigenvalue weighted by Gasteiger charge is -2.24. The van der Waals surface area contributed by atoms with Crippen LogP contribution in [-0.2, 0) is 11.2 Å². The fourth-order valence-electron chi connectivity index (χ4n) is 4.41. The minimum atomic E-state index is -0.853. The van der Waals surface area contributed by atoms with Gasteiger partial charge in [-0.2, -0.15) is 0 Å². The second-order valence-corrected chi connectivity index (χ2v) is 10.4. The average Bonchev–Trinajstić information content (AvgIpc) is 3.46. The average molecular weight is 643 g/mol. The number of amides is 3. The zero-order valence-electron chi connectivity index (χ0n) is 20.1. The zero-order valence-corrected chi connectivity index (χ0v) is 23.0. The lowest BCUT2D eigenvalue weighted by atomic mass is 10.0. The molecule has 0 bridgehead atoms. The Bertz CT molecular complexity index is 1430. The van der Waals surface area contributed by atoms with Gasteiger partial charge in [-0.05, 0) is 58.0 Å². The number of aliphatic hydroxyl groups is 1. The number of H-pyrrole nitrogens is 1. The van der Waals surface area contributed by atoms with Crippen LogP contribution in [-0.4, -0.2) is 45.1 Å². The van der Waals surface area contributed by atoms with Gasteiger partial charge in [-0.1, -0.05) is 66.2 Å². The van der Waals surface area contributed by atoms with Crippen LogP contribution in [0.5, 0.6) is 5.75 Å². The molecule has 1 fully saturated rings. The Morgan fingerprint density at radius 2 is 1.74 bits per heavy atom. The van der Waals surface area contributed by atoms with Crippen LogP contribution in [0.2, 0.25) is 5.15 Å². The molecule has 0 spiro atoms. The molecule has 3 aromatic carbocycles. The molecule has 0 aliphatic carbocycles. The van der Waals surface area contributed by atoms with Crippen molar-refractivity contribution < 1.29 is 19.4 Å². The van der Waals surface area contributed by atoms with Crippen LogP contribution in [0.3, 0.4) is 0 Å². The summed E-state index contributed by atoms with van der Waals surface area (Å²) in [4.78, 5) is 36.0. The summed E-state index contributed by atoms with van der Waals surface area (Å²) in [5.74, 6) is 0.597. The van der Waals surface area contributed by atoms with E-state index in [1.165, 1.54) is 4.90 Å². The number of aliphatic hydroxyl groups excluding tert-OH is 1. The first kappa shape index (κ1) is 26.2. The number of carbonyl (C=O) groups excluding carboxylic acids is 2. The van der Waals surface area contributed by atoms with Gasteiger partial charge in [-0.3, -0.25) is 9.69 Å². The van der Waals surface area contributed by atoms with Crippen molar-refractivity contribution >= 4 is 46.1 Å². The Labute approximate surface area is 238 Å². The number of carbonyl (C=O) groups is 2. The number of benzene rings is 3. The second kappa shape index (κ2) is 11.5. The molecule has 3 amide bonds. The lowest BCUT2D eigenvalue weighted by Crippen LogP contribution is -2.36. The summed E-state index contributed by atoms with van der Waals surface area (Å²) >= 11 is 8.80. The van der Waals surface area contributed by atoms with Gasteiger partial charge in [-0.25, -0.2) is 9.78 Å². The molecule has 0 radical (unpaired) electrons. The molecule has 8 nitrogen and oxygen atoms in total. The predicted octanol–water partition coefficient (Wildman–Crippen LogP) is 5.28. The minimum absolute atomic E-state index is 0.0984.